The monoisotopic (exact) mass is 314 g/mol. The van der Waals surface area contributed by atoms with E-state index < -0.39 is 0 Å². The van der Waals surface area contributed by atoms with Crippen molar-refractivity contribution >= 4 is 45.9 Å². The zero-order chi connectivity index (χ0) is 10.6. The lowest BCUT2D eigenvalue weighted by Gasteiger charge is -1.96. The van der Waals surface area contributed by atoms with E-state index in [9.17, 15) is 0 Å². The Morgan fingerprint density at radius 2 is 2.00 bits per heavy atom. The first-order valence-corrected chi connectivity index (χ1v) is 5.29. The molecule has 0 saturated heterocycles. The second-order valence-corrected chi connectivity index (χ2v) is 4.27. The van der Waals surface area contributed by atoms with E-state index in [2.05, 4.69) is 22.6 Å². The molecule has 1 rings (SSSR count). The van der Waals surface area contributed by atoms with Crippen molar-refractivity contribution in [3.8, 4) is 6.07 Å². The molecular formula is C10H7IN2S. The van der Waals surface area contributed by atoms with Gasteiger partial charge in [-0.15, -0.1) is 0 Å². The van der Waals surface area contributed by atoms with Crippen molar-refractivity contribution in [1.82, 2.24) is 0 Å². The maximum absolute atomic E-state index is 8.73. The maximum Gasteiger partial charge on any atom is 0.114 e. The summed E-state index contributed by atoms with van der Waals surface area (Å²) < 4.78 is 1.15. The molecule has 0 saturated carbocycles. The maximum atomic E-state index is 8.73. The van der Waals surface area contributed by atoms with Crippen LogP contribution in [-0.4, -0.2) is 4.99 Å². The normalized spacial score (nSPS) is 10.7. The number of thiocarbonyl (C=S) groups is 1. The van der Waals surface area contributed by atoms with Crippen LogP contribution in [0.1, 0.15) is 5.56 Å². The number of nitriles is 1. The minimum Gasteiger partial charge on any atom is -0.389 e. The van der Waals surface area contributed by atoms with Crippen LogP contribution in [0.3, 0.4) is 0 Å². The predicted octanol–water partition coefficient (Wildman–Crippen LogP) is 2.48. The molecule has 4 heteroatoms. The van der Waals surface area contributed by atoms with Crippen molar-refractivity contribution in [3.05, 3.63) is 39.0 Å². The van der Waals surface area contributed by atoms with Gasteiger partial charge in [0.1, 0.15) is 11.1 Å². The summed E-state index contributed by atoms with van der Waals surface area (Å²) in [5.74, 6) is 0. The molecule has 1 aromatic rings. The first kappa shape index (κ1) is 11.1. The van der Waals surface area contributed by atoms with Crippen molar-refractivity contribution < 1.29 is 0 Å². The van der Waals surface area contributed by atoms with Gasteiger partial charge in [0.15, 0.2) is 0 Å². The second kappa shape index (κ2) is 5.08. The van der Waals surface area contributed by atoms with Crippen molar-refractivity contribution in [2.45, 2.75) is 0 Å². The Kier molecular flexibility index (Phi) is 4.04. The molecule has 0 bridgehead atoms. The third-order valence-electron chi connectivity index (χ3n) is 1.57. The van der Waals surface area contributed by atoms with E-state index in [4.69, 9.17) is 23.2 Å². The molecule has 2 nitrogen and oxygen atoms in total. The Labute approximate surface area is 102 Å². The summed E-state index contributed by atoms with van der Waals surface area (Å²) in [4.78, 5) is 0.131. The largest absolute Gasteiger partial charge is 0.389 e. The highest BCUT2D eigenvalue weighted by Gasteiger charge is 1.98. The van der Waals surface area contributed by atoms with Crippen LogP contribution in [0.25, 0.3) is 6.08 Å². The standard InChI is InChI=1S/C10H7IN2S/c11-9-3-1-7(2-4-9)5-8(6-12)10(13)14/h1-5H,(H2,13,14). The molecule has 0 aliphatic carbocycles. The first-order valence-electron chi connectivity index (χ1n) is 3.80. The Balaban J connectivity index is 3.03. The topological polar surface area (TPSA) is 49.8 Å². The van der Waals surface area contributed by atoms with Crippen LogP contribution in [0.4, 0.5) is 0 Å². The van der Waals surface area contributed by atoms with E-state index in [0.29, 0.717) is 5.57 Å². The number of hydrogen-bond donors (Lipinski definition) is 1. The number of nitrogens with two attached hydrogens (primary N) is 1. The number of benzene rings is 1. The van der Waals surface area contributed by atoms with Gasteiger partial charge in [0.25, 0.3) is 0 Å². The fraction of sp³-hybridized carbons (Fsp3) is 0. The molecule has 70 valence electrons. The molecule has 0 heterocycles. The summed E-state index contributed by atoms with van der Waals surface area (Å²) in [5, 5.41) is 8.73. The van der Waals surface area contributed by atoms with E-state index in [1.807, 2.05) is 30.3 Å². The van der Waals surface area contributed by atoms with Gasteiger partial charge in [0.05, 0.1) is 5.57 Å². The molecule has 0 radical (unpaired) electrons. The Morgan fingerprint density at radius 1 is 1.43 bits per heavy atom. The van der Waals surface area contributed by atoms with Crippen LogP contribution in [0.2, 0.25) is 0 Å². The van der Waals surface area contributed by atoms with Crippen molar-refractivity contribution in [1.29, 1.82) is 5.26 Å². The van der Waals surface area contributed by atoms with Crippen LogP contribution in [0.15, 0.2) is 29.8 Å². The third kappa shape index (κ3) is 3.09. The molecule has 0 unspecified atom stereocenters. The number of halogens is 1. The lowest BCUT2D eigenvalue weighted by molar-refractivity contribution is 1.51. The van der Waals surface area contributed by atoms with E-state index in [1.54, 1.807) is 6.08 Å². The minimum absolute atomic E-state index is 0.131. The number of nitrogens with zero attached hydrogens (tertiary/aromatic N) is 1. The van der Waals surface area contributed by atoms with Crippen molar-refractivity contribution in [2.75, 3.05) is 0 Å². The van der Waals surface area contributed by atoms with Gasteiger partial charge >= 0.3 is 0 Å². The molecule has 14 heavy (non-hydrogen) atoms. The fourth-order valence-electron chi connectivity index (χ4n) is 0.884. The van der Waals surface area contributed by atoms with Gasteiger partial charge in [-0.2, -0.15) is 5.26 Å². The number of rotatable bonds is 2. The molecule has 1 aromatic carbocycles. The molecule has 2 N–H and O–H groups in total. The predicted molar refractivity (Wildman–Crippen MR) is 69.5 cm³/mol. The highest BCUT2D eigenvalue weighted by molar-refractivity contribution is 14.1. The lowest BCUT2D eigenvalue weighted by Crippen LogP contribution is -2.09. The van der Waals surface area contributed by atoms with Gasteiger partial charge in [0.2, 0.25) is 0 Å². The van der Waals surface area contributed by atoms with Crippen LogP contribution in [0.5, 0.6) is 0 Å². The Morgan fingerprint density at radius 3 is 2.43 bits per heavy atom. The van der Waals surface area contributed by atoms with E-state index >= 15 is 0 Å². The average Bonchev–Trinajstić information content (AvgIpc) is 2.16. The molecule has 0 aliphatic heterocycles. The van der Waals surface area contributed by atoms with Crippen molar-refractivity contribution in [3.63, 3.8) is 0 Å². The quantitative estimate of drug-likeness (QED) is 0.395. The highest BCUT2D eigenvalue weighted by atomic mass is 127. The summed E-state index contributed by atoms with van der Waals surface area (Å²) in [6.07, 6.45) is 1.68. The van der Waals surface area contributed by atoms with Gasteiger partial charge in [-0.05, 0) is 46.4 Å². The van der Waals surface area contributed by atoms with E-state index in [-0.39, 0.29) is 4.99 Å². The molecule has 0 spiro atoms. The van der Waals surface area contributed by atoms with Gasteiger partial charge in [-0.1, -0.05) is 24.4 Å². The first-order chi connectivity index (χ1) is 6.63. The van der Waals surface area contributed by atoms with Crippen LogP contribution in [0, 0.1) is 14.9 Å². The zero-order valence-corrected chi connectivity index (χ0v) is 10.2. The summed E-state index contributed by atoms with van der Waals surface area (Å²) in [7, 11) is 0. The van der Waals surface area contributed by atoms with Crippen LogP contribution in [-0.2, 0) is 0 Å². The van der Waals surface area contributed by atoms with Crippen molar-refractivity contribution in [2.24, 2.45) is 5.73 Å². The van der Waals surface area contributed by atoms with Crippen LogP contribution >= 0.6 is 34.8 Å². The van der Waals surface area contributed by atoms with E-state index in [0.717, 1.165) is 9.13 Å². The number of hydrogen-bond acceptors (Lipinski definition) is 2. The Bertz CT molecular complexity index is 415. The smallest absolute Gasteiger partial charge is 0.114 e. The SMILES string of the molecule is N#CC(=Cc1ccc(I)cc1)C(N)=S. The van der Waals surface area contributed by atoms with E-state index in [1.165, 1.54) is 0 Å². The fourth-order valence-corrected chi connectivity index (χ4v) is 1.35. The molecule has 0 aliphatic rings. The summed E-state index contributed by atoms with van der Waals surface area (Å²) in [5.41, 5.74) is 6.62. The third-order valence-corrected chi connectivity index (χ3v) is 2.51. The summed E-state index contributed by atoms with van der Waals surface area (Å²) in [6.45, 7) is 0. The summed E-state index contributed by atoms with van der Waals surface area (Å²) in [6, 6.07) is 9.70. The molecule has 0 atom stereocenters. The average molecular weight is 314 g/mol. The molecule has 0 fully saturated rings. The van der Waals surface area contributed by atoms with Gasteiger partial charge in [0, 0.05) is 3.57 Å². The van der Waals surface area contributed by atoms with Crippen LogP contribution < -0.4 is 5.73 Å². The van der Waals surface area contributed by atoms with Gasteiger partial charge < -0.3 is 5.73 Å². The van der Waals surface area contributed by atoms with Gasteiger partial charge in [-0.3, -0.25) is 0 Å². The highest BCUT2D eigenvalue weighted by Crippen LogP contribution is 2.10. The minimum atomic E-state index is 0.131. The lowest BCUT2D eigenvalue weighted by atomic mass is 10.1. The summed E-state index contributed by atoms with van der Waals surface area (Å²) >= 11 is 6.94. The molecular weight excluding hydrogens is 307 g/mol. The zero-order valence-electron chi connectivity index (χ0n) is 7.20. The molecule has 0 aromatic heterocycles. The van der Waals surface area contributed by atoms with Gasteiger partial charge in [-0.25, -0.2) is 0 Å². The molecule has 0 amide bonds. The Hall–Kier alpha value is -0.930. The second-order valence-electron chi connectivity index (χ2n) is 2.59.